The van der Waals surface area contributed by atoms with E-state index in [1.165, 1.54) is 30.9 Å². The van der Waals surface area contributed by atoms with Crippen LogP contribution in [0.25, 0.3) is 30.9 Å². The first-order valence-corrected chi connectivity index (χ1v) is 15.0. The van der Waals surface area contributed by atoms with Gasteiger partial charge in [0.1, 0.15) is 0 Å². The first kappa shape index (κ1) is 25.2. The van der Waals surface area contributed by atoms with Gasteiger partial charge in [-0.2, -0.15) is 0 Å². The van der Waals surface area contributed by atoms with Crippen LogP contribution in [-0.4, -0.2) is 9.97 Å². The van der Waals surface area contributed by atoms with Crippen molar-refractivity contribution in [3.63, 3.8) is 0 Å². The number of benzene rings is 5. The van der Waals surface area contributed by atoms with Gasteiger partial charge >= 0.3 is 0 Å². The van der Waals surface area contributed by atoms with Gasteiger partial charge < -0.3 is 9.80 Å². The standard InChI is InChI=1S/C38H26N4S/c1-2-7-28(8-3-1)42(33-15-17-37-36(26-33)35-16-10-27-6-4-5-9-34(27)38(35)43-37)30-13-11-29(12-14-30)41(31-18-22-39-23-19-31)32-20-24-40-25-21-32/h1-26H. The molecule has 0 saturated heterocycles. The molecule has 0 atom stereocenters. The Kier molecular flexibility index (Phi) is 6.28. The fourth-order valence-electron chi connectivity index (χ4n) is 5.84. The molecule has 8 rings (SSSR count). The van der Waals surface area contributed by atoms with E-state index in [-0.39, 0.29) is 0 Å². The zero-order valence-corrected chi connectivity index (χ0v) is 24.0. The lowest BCUT2D eigenvalue weighted by Crippen LogP contribution is -2.12. The molecule has 0 saturated carbocycles. The Morgan fingerprint density at radius 1 is 0.395 bits per heavy atom. The lowest BCUT2D eigenvalue weighted by molar-refractivity contribution is 1.22. The molecule has 5 aromatic carbocycles. The van der Waals surface area contributed by atoms with Gasteiger partial charge in [-0.05, 0) is 89.6 Å². The summed E-state index contributed by atoms with van der Waals surface area (Å²) in [5.41, 5.74) is 6.45. The zero-order chi connectivity index (χ0) is 28.6. The number of hydrogen-bond donors (Lipinski definition) is 0. The van der Waals surface area contributed by atoms with Crippen LogP contribution in [0.5, 0.6) is 0 Å². The molecule has 5 heteroatoms. The minimum absolute atomic E-state index is 1.04. The normalized spacial score (nSPS) is 11.3. The fourth-order valence-corrected chi connectivity index (χ4v) is 7.06. The smallest absolute Gasteiger partial charge is 0.0492 e. The summed E-state index contributed by atoms with van der Waals surface area (Å²) < 4.78 is 2.64. The Balaban J connectivity index is 1.25. The summed E-state index contributed by atoms with van der Waals surface area (Å²) in [5.74, 6) is 0. The van der Waals surface area contributed by atoms with Gasteiger partial charge in [0, 0.05) is 79.1 Å². The van der Waals surface area contributed by atoms with Crippen molar-refractivity contribution < 1.29 is 0 Å². The Morgan fingerprint density at radius 3 is 1.60 bits per heavy atom. The highest BCUT2D eigenvalue weighted by Crippen LogP contribution is 2.43. The zero-order valence-electron chi connectivity index (χ0n) is 23.2. The quantitative estimate of drug-likeness (QED) is 0.199. The molecule has 4 nitrogen and oxygen atoms in total. The minimum Gasteiger partial charge on any atom is -0.310 e. The number of pyridine rings is 2. The van der Waals surface area contributed by atoms with E-state index < -0.39 is 0 Å². The van der Waals surface area contributed by atoms with Crippen LogP contribution in [0.3, 0.4) is 0 Å². The van der Waals surface area contributed by atoms with Crippen molar-refractivity contribution in [3.05, 3.63) is 158 Å². The minimum atomic E-state index is 1.04. The molecule has 0 N–H and O–H groups in total. The van der Waals surface area contributed by atoms with Crippen molar-refractivity contribution in [1.82, 2.24) is 9.97 Å². The molecule has 0 aliphatic heterocycles. The van der Waals surface area contributed by atoms with Crippen molar-refractivity contribution in [2.24, 2.45) is 0 Å². The monoisotopic (exact) mass is 570 g/mol. The molecule has 0 fully saturated rings. The number of nitrogens with zero attached hydrogens (tertiary/aromatic N) is 4. The van der Waals surface area contributed by atoms with Crippen molar-refractivity contribution in [3.8, 4) is 0 Å². The molecule has 204 valence electrons. The summed E-state index contributed by atoms with van der Waals surface area (Å²) in [5, 5.41) is 5.17. The van der Waals surface area contributed by atoms with E-state index in [2.05, 4.69) is 129 Å². The van der Waals surface area contributed by atoms with E-state index >= 15 is 0 Å². The lowest BCUT2D eigenvalue weighted by Gasteiger charge is -2.28. The topological polar surface area (TPSA) is 32.3 Å². The molecule has 3 aromatic heterocycles. The van der Waals surface area contributed by atoms with Crippen LogP contribution in [0.1, 0.15) is 0 Å². The van der Waals surface area contributed by atoms with E-state index in [1.807, 2.05) is 60.4 Å². The Labute approximate surface area is 253 Å². The second kappa shape index (κ2) is 10.7. The Hall–Kier alpha value is -5.52. The van der Waals surface area contributed by atoms with Crippen molar-refractivity contribution in [2.75, 3.05) is 9.80 Å². The molecular weight excluding hydrogens is 545 g/mol. The average molecular weight is 571 g/mol. The van der Waals surface area contributed by atoms with Crippen LogP contribution in [-0.2, 0) is 0 Å². The molecule has 0 radical (unpaired) electrons. The first-order chi connectivity index (χ1) is 21.3. The summed E-state index contributed by atoms with van der Waals surface area (Å²) in [4.78, 5) is 13.0. The van der Waals surface area contributed by atoms with E-state index in [4.69, 9.17) is 0 Å². The highest BCUT2D eigenvalue weighted by atomic mass is 32.1. The average Bonchev–Trinajstić information content (AvgIpc) is 3.46. The predicted octanol–water partition coefficient (Wildman–Crippen LogP) is 10.9. The van der Waals surface area contributed by atoms with Crippen molar-refractivity contribution in [1.29, 1.82) is 0 Å². The van der Waals surface area contributed by atoms with Crippen molar-refractivity contribution in [2.45, 2.75) is 0 Å². The van der Waals surface area contributed by atoms with E-state index in [0.717, 1.165) is 34.1 Å². The van der Waals surface area contributed by atoms with Crippen LogP contribution in [0, 0.1) is 0 Å². The number of aromatic nitrogens is 2. The maximum Gasteiger partial charge on any atom is 0.0492 e. The summed E-state index contributed by atoms with van der Waals surface area (Å²) in [6.07, 6.45) is 7.29. The van der Waals surface area contributed by atoms with Gasteiger partial charge in [-0.15, -0.1) is 11.3 Å². The van der Waals surface area contributed by atoms with Gasteiger partial charge in [0.2, 0.25) is 0 Å². The van der Waals surface area contributed by atoms with E-state index in [1.54, 1.807) is 0 Å². The van der Waals surface area contributed by atoms with Gasteiger partial charge in [-0.25, -0.2) is 0 Å². The highest BCUT2D eigenvalue weighted by Gasteiger charge is 2.17. The van der Waals surface area contributed by atoms with Gasteiger partial charge in [0.25, 0.3) is 0 Å². The number of fused-ring (bicyclic) bond motifs is 5. The molecule has 0 aliphatic carbocycles. The third-order valence-corrected chi connectivity index (χ3v) is 9.05. The molecule has 0 unspecified atom stereocenters. The first-order valence-electron chi connectivity index (χ1n) is 14.2. The molecule has 0 aliphatic rings. The van der Waals surface area contributed by atoms with Gasteiger partial charge in [0.15, 0.2) is 0 Å². The number of para-hydroxylation sites is 1. The van der Waals surface area contributed by atoms with Gasteiger partial charge in [-0.3, -0.25) is 9.97 Å². The van der Waals surface area contributed by atoms with Crippen molar-refractivity contribution >= 4 is 76.4 Å². The molecule has 3 heterocycles. The molecule has 43 heavy (non-hydrogen) atoms. The molecule has 0 spiro atoms. The molecule has 0 amide bonds. The SMILES string of the molecule is c1ccc(N(c2ccc(N(c3ccncc3)c3ccncc3)cc2)c2ccc3sc4c5ccccc5ccc4c3c2)cc1. The summed E-state index contributed by atoms with van der Waals surface area (Å²) in [6, 6.07) is 47.4. The second-order valence-electron chi connectivity index (χ2n) is 10.4. The highest BCUT2D eigenvalue weighted by molar-refractivity contribution is 7.26. The summed E-state index contributed by atoms with van der Waals surface area (Å²) in [6.45, 7) is 0. The number of thiophene rings is 1. The van der Waals surface area contributed by atoms with Gasteiger partial charge in [-0.1, -0.05) is 54.6 Å². The fraction of sp³-hybridized carbons (Fsp3) is 0. The second-order valence-corrected chi connectivity index (χ2v) is 11.4. The number of hydrogen-bond acceptors (Lipinski definition) is 5. The van der Waals surface area contributed by atoms with Crippen LogP contribution >= 0.6 is 11.3 Å². The number of rotatable bonds is 6. The maximum absolute atomic E-state index is 4.23. The van der Waals surface area contributed by atoms with E-state index in [9.17, 15) is 0 Å². The van der Waals surface area contributed by atoms with Gasteiger partial charge in [0.05, 0.1) is 0 Å². The summed E-state index contributed by atoms with van der Waals surface area (Å²) in [7, 11) is 0. The predicted molar refractivity (Wildman–Crippen MR) is 182 cm³/mol. The summed E-state index contributed by atoms with van der Waals surface area (Å²) >= 11 is 1.87. The third kappa shape index (κ3) is 4.56. The molecular formula is C38H26N4S. The largest absolute Gasteiger partial charge is 0.310 e. The Morgan fingerprint density at radius 2 is 0.930 bits per heavy atom. The van der Waals surface area contributed by atoms with Crippen LogP contribution in [0.15, 0.2) is 158 Å². The molecule has 0 bridgehead atoms. The van der Waals surface area contributed by atoms with Crippen LogP contribution < -0.4 is 9.80 Å². The lowest BCUT2D eigenvalue weighted by atomic mass is 10.1. The van der Waals surface area contributed by atoms with E-state index in [0.29, 0.717) is 0 Å². The Bertz CT molecular complexity index is 2140. The van der Waals surface area contributed by atoms with Crippen LogP contribution in [0.4, 0.5) is 34.1 Å². The van der Waals surface area contributed by atoms with Crippen LogP contribution in [0.2, 0.25) is 0 Å². The number of anilines is 6. The maximum atomic E-state index is 4.23. The molecule has 8 aromatic rings. The third-order valence-electron chi connectivity index (χ3n) is 7.83.